The first-order valence-electron chi connectivity index (χ1n) is 7.18. The topological polar surface area (TPSA) is 38.5 Å². The van der Waals surface area contributed by atoms with Gasteiger partial charge in [-0.1, -0.05) is 30.3 Å². The van der Waals surface area contributed by atoms with Crippen LogP contribution in [0.5, 0.6) is 0 Å². The zero-order valence-corrected chi connectivity index (χ0v) is 12.1. The first-order chi connectivity index (χ1) is 9.08. The van der Waals surface area contributed by atoms with Gasteiger partial charge in [-0.2, -0.15) is 0 Å². The molecule has 0 aliphatic carbocycles. The van der Waals surface area contributed by atoms with Crippen molar-refractivity contribution in [3.8, 4) is 0 Å². The van der Waals surface area contributed by atoms with E-state index >= 15 is 0 Å². The summed E-state index contributed by atoms with van der Waals surface area (Å²) in [7, 11) is 2.17. The maximum absolute atomic E-state index is 6.48. The zero-order chi connectivity index (χ0) is 13.7. The number of ether oxygens (including phenoxy) is 1. The lowest BCUT2D eigenvalue weighted by atomic mass is 9.92. The molecule has 0 spiro atoms. The van der Waals surface area contributed by atoms with Gasteiger partial charge in [-0.15, -0.1) is 0 Å². The molecule has 2 N–H and O–H groups in total. The molecule has 1 fully saturated rings. The summed E-state index contributed by atoms with van der Waals surface area (Å²) in [6, 6.07) is 10.4. The minimum absolute atomic E-state index is 0.290. The molecule has 1 unspecified atom stereocenters. The van der Waals surface area contributed by atoms with Crippen LogP contribution in [0.25, 0.3) is 0 Å². The summed E-state index contributed by atoms with van der Waals surface area (Å²) in [6.07, 6.45) is 2.36. The Morgan fingerprint density at radius 1 is 1.26 bits per heavy atom. The van der Waals surface area contributed by atoms with E-state index in [4.69, 9.17) is 10.5 Å². The van der Waals surface area contributed by atoms with Gasteiger partial charge in [-0.05, 0) is 38.3 Å². The van der Waals surface area contributed by atoms with Gasteiger partial charge < -0.3 is 15.4 Å². The largest absolute Gasteiger partial charge is 0.381 e. The number of hydrogen-bond donors (Lipinski definition) is 1. The molecule has 19 heavy (non-hydrogen) atoms. The quantitative estimate of drug-likeness (QED) is 0.884. The van der Waals surface area contributed by atoms with Crippen LogP contribution >= 0.6 is 0 Å². The number of nitrogens with two attached hydrogens (primary N) is 1. The summed E-state index contributed by atoms with van der Waals surface area (Å²) >= 11 is 0. The van der Waals surface area contributed by atoms with Gasteiger partial charge in [0, 0.05) is 26.3 Å². The Morgan fingerprint density at radius 2 is 1.89 bits per heavy atom. The molecule has 0 saturated carbocycles. The van der Waals surface area contributed by atoms with Gasteiger partial charge in [0.15, 0.2) is 0 Å². The van der Waals surface area contributed by atoms with Crippen molar-refractivity contribution in [2.75, 3.05) is 33.4 Å². The van der Waals surface area contributed by atoms with Crippen molar-refractivity contribution in [1.29, 1.82) is 0 Å². The third-order valence-electron chi connectivity index (χ3n) is 3.94. The molecule has 1 heterocycles. The van der Waals surface area contributed by atoms with Crippen LogP contribution in [-0.4, -0.2) is 38.3 Å². The highest BCUT2D eigenvalue weighted by Crippen LogP contribution is 2.21. The summed E-state index contributed by atoms with van der Waals surface area (Å²) in [4.78, 5) is 2.36. The van der Waals surface area contributed by atoms with E-state index in [0.717, 1.165) is 32.2 Å². The van der Waals surface area contributed by atoms with E-state index in [1.165, 1.54) is 18.4 Å². The van der Waals surface area contributed by atoms with Crippen LogP contribution in [0.2, 0.25) is 0 Å². The van der Waals surface area contributed by atoms with E-state index in [9.17, 15) is 0 Å². The van der Waals surface area contributed by atoms with Crippen molar-refractivity contribution in [2.45, 2.75) is 25.3 Å². The number of likely N-dealkylation sites (N-methyl/N-ethyl adjacent to an activating group) is 1. The molecule has 1 atom stereocenters. The summed E-state index contributed by atoms with van der Waals surface area (Å²) in [6.45, 7) is 5.94. The summed E-state index contributed by atoms with van der Waals surface area (Å²) in [5, 5.41) is 0. The van der Waals surface area contributed by atoms with E-state index in [-0.39, 0.29) is 5.54 Å². The molecule has 0 aromatic heterocycles. The predicted molar refractivity (Wildman–Crippen MR) is 79.0 cm³/mol. The average Bonchev–Trinajstić information content (AvgIpc) is 2.40. The van der Waals surface area contributed by atoms with Crippen LogP contribution in [0.1, 0.15) is 25.3 Å². The molecule has 1 aromatic carbocycles. The van der Waals surface area contributed by atoms with Crippen molar-refractivity contribution >= 4 is 0 Å². The molecular formula is C16H26N2O. The van der Waals surface area contributed by atoms with Gasteiger partial charge in [-0.25, -0.2) is 0 Å². The van der Waals surface area contributed by atoms with Crippen molar-refractivity contribution in [3.63, 3.8) is 0 Å². The second-order valence-electron chi connectivity index (χ2n) is 6.04. The third kappa shape index (κ3) is 4.30. The average molecular weight is 262 g/mol. The maximum atomic E-state index is 6.48. The van der Waals surface area contributed by atoms with Crippen LogP contribution in [0.15, 0.2) is 30.3 Å². The van der Waals surface area contributed by atoms with Gasteiger partial charge in [0.25, 0.3) is 0 Å². The van der Waals surface area contributed by atoms with E-state index in [1.807, 2.05) is 6.07 Å². The molecular weight excluding hydrogens is 236 g/mol. The maximum Gasteiger partial charge on any atom is 0.0509 e. The van der Waals surface area contributed by atoms with Crippen LogP contribution < -0.4 is 5.73 Å². The lowest BCUT2D eigenvalue weighted by Crippen LogP contribution is -2.45. The fourth-order valence-electron chi connectivity index (χ4n) is 2.91. The van der Waals surface area contributed by atoms with Crippen molar-refractivity contribution in [1.82, 2.24) is 4.90 Å². The Hall–Kier alpha value is -0.900. The predicted octanol–water partition coefficient (Wildman–Crippen LogP) is 2.22. The summed E-state index contributed by atoms with van der Waals surface area (Å²) in [5.74, 6) is 0.755. The zero-order valence-electron chi connectivity index (χ0n) is 12.1. The Bertz CT molecular complexity index is 372. The van der Waals surface area contributed by atoms with Crippen LogP contribution in [-0.2, 0) is 10.3 Å². The summed E-state index contributed by atoms with van der Waals surface area (Å²) in [5.41, 5.74) is 7.39. The first-order valence-corrected chi connectivity index (χ1v) is 7.18. The fraction of sp³-hybridized carbons (Fsp3) is 0.625. The Morgan fingerprint density at radius 3 is 2.53 bits per heavy atom. The van der Waals surface area contributed by atoms with E-state index in [2.05, 4.69) is 43.1 Å². The second kappa shape index (κ2) is 6.51. The van der Waals surface area contributed by atoms with Crippen molar-refractivity contribution in [3.05, 3.63) is 35.9 Å². The molecule has 0 amide bonds. The van der Waals surface area contributed by atoms with Gasteiger partial charge in [0.2, 0.25) is 0 Å². The Balaban J connectivity index is 1.88. The molecule has 0 radical (unpaired) electrons. The molecule has 1 saturated heterocycles. The van der Waals surface area contributed by atoms with Gasteiger partial charge >= 0.3 is 0 Å². The van der Waals surface area contributed by atoms with E-state index in [0.29, 0.717) is 0 Å². The van der Waals surface area contributed by atoms with Gasteiger partial charge in [-0.3, -0.25) is 0 Å². The minimum Gasteiger partial charge on any atom is -0.381 e. The molecule has 1 aliphatic heterocycles. The molecule has 3 nitrogen and oxygen atoms in total. The second-order valence-corrected chi connectivity index (χ2v) is 6.04. The molecule has 3 heteroatoms. The van der Waals surface area contributed by atoms with Crippen molar-refractivity contribution in [2.24, 2.45) is 11.7 Å². The normalized spacial score (nSPS) is 20.4. The van der Waals surface area contributed by atoms with Crippen LogP contribution in [0.3, 0.4) is 0 Å². The van der Waals surface area contributed by atoms with E-state index < -0.39 is 0 Å². The first kappa shape index (κ1) is 14.5. The van der Waals surface area contributed by atoms with Crippen molar-refractivity contribution < 1.29 is 4.74 Å². The number of benzene rings is 1. The highest BCUT2D eigenvalue weighted by molar-refractivity contribution is 5.23. The fourth-order valence-corrected chi connectivity index (χ4v) is 2.91. The van der Waals surface area contributed by atoms with Gasteiger partial charge in [0.1, 0.15) is 0 Å². The highest BCUT2D eigenvalue weighted by atomic mass is 16.5. The highest BCUT2D eigenvalue weighted by Gasteiger charge is 2.24. The standard InChI is InChI=1S/C16H26N2O/c1-16(17,15-6-4-3-5-7-15)13-18(2)12-14-8-10-19-11-9-14/h3-7,14H,8-13,17H2,1-2H3. The monoisotopic (exact) mass is 262 g/mol. The number of nitrogens with zero attached hydrogens (tertiary/aromatic N) is 1. The molecule has 0 bridgehead atoms. The molecule has 2 rings (SSSR count). The summed E-state index contributed by atoms with van der Waals surface area (Å²) < 4.78 is 5.41. The third-order valence-corrected chi connectivity index (χ3v) is 3.94. The minimum atomic E-state index is -0.290. The molecule has 106 valence electrons. The van der Waals surface area contributed by atoms with Crippen LogP contribution in [0, 0.1) is 5.92 Å². The number of rotatable bonds is 5. The number of hydrogen-bond acceptors (Lipinski definition) is 3. The Labute approximate surface area is 116 Å². The van der Waals surface area contributed by atoms with E-state index in [1.54, 1.807) is 0 Å². The molecule has 1 aromatic rings. The molecule has 1 aliphatic rings. The lowest BCUT2D eigenvalue weighted by molar-refractivity contribution is 0.0535. The van der Waals surface area contributed by atoms with Crippen LogP contribution in [0.4, 0.5) is 0 Å². The lowest BCUT2D eigenvalue weighted by Gasteiger charge is -2.33. The smallest absolute Gasteiger partial charge is 0.0509 e. The van der Waals surface area contributed by atoms with Gasteiger partial charge in [0.05, 0.1) is 5.54 Å². The Kier molecular flexibility index (Phi) is 4.97. The SMILES string of the molecule is CN(CC1CCOCC1)CC(C)(N)c1ccccc1.